The van der Waals surface area contributed by atoms with Gasteiger partial charge >= 0.3 is 6.18 Å². The Balaban J connectivity index is 2.89. The van der Waals surface area contributed by atoms with Gasteiger partial charge in [0.25, 0.3) is 0 Å². The highest BCUT2D eigenvalue weighted by atomic mass is 19.4. The number of carbonyl (C=O) groups excluding carboxylic acids is 1. The summed E-state index contributed by atoms with van der Waals surface area (Å²) < 4.78 is 38.1. The number of carbonyl (C=O) groups is 1. The van der Waals surface area contributed by atoms with Crippen molar-refractivity contribution in [2.24, 2.45) is 11.3 Å². The van der Waals surface area contributed by atoms with Gasteiger partial charge in [-0.2, -0.15) is 13.2 Å². The van der Waals surface area contributed by atoms with Gasteiger partial charge in [-0.25, -0.2) is 0 Å². The number of halogens is 3. The predicted octanol–water partition coefficient (Wildman–Crippen LogP) is 2.81. The fourth-order valence-corrected chi connectivity index (χ4v) is 2.82. The number of alkyl halides is 3. The third-order valence-electron chi connectivity index (χ3n) is 3.85. The van der Waals surface area contributed by atoms with Gasteiger partial charge in [-0.3, -0.25) is 4.79 Å². The minimum absolute atomic E-state index is 0.0201. The maximum atomic E-state index is 12.7. The maximum absolute atomic E-state index is 12.7. The molecule has 0 saturated carbocycles. The van der Waals surface area contributed by atoms with Gasteiger partial charge in [0, 0.05) is 13.1 Å². The van der Waals surface area contributed by atoms with E-state index < -0.39 is 18.1 Å². The fourth-order valence-electron chi connectivity index (χ4n) is 2.82. The number of hydrogen-bond donors (Lipinski definition) is 1. The SMILES string of the molecule is CCC1(C(=O)N(CC(C)C)CC(F)(F)F)CCCNC1. The molecule has 0 aliphatic carbocycles. The largest absolute Gasteiger partial charge is 0.406 e. The average molecular weight is 294 g/mol. The zero-order valence-electron chi connectivity index (χ0n) is 12.5. The molecule has 1 atom stereocenters. The van der Waals surface area contributed by atoms with Crippen molar-refractivity contribution in [2.75, 3.05) is 26.2 Å². The molecule has 0 aromatic rings. The van der Waals surface area contributed by atoms with Gasteiger partial charge in [0.2, 0.25) is 5.91 Å². The van der Waals surface area contributed by atoms with Crippen LogP contribution in [0.1, 0.15) is 40.0 Å². The monoisotopic (exact) mass is 294 g/mol. The molecule has 3 nitrogen and oxygen atoms in total. The van der Waals surface area contributed by atoms with Gasteiger partial charge in [-0.1, -0.05) is 20.8 Å². The molecule has 1 rings (SSSR count). The Morgan fingerprint density at radius 3 is 2.45 bits per heavy atom. The molecule has 118 valence electrons. The van der Waals surface area contributed by atoms with Crippen molar-refractivity contribution in [2.45, 2.75) is 46.2 Å². The molecule has 0 bridgehead atoms. The van der Waals surface area contributed by atoms with E-state index in [1.807, 2.05) is 20.8 Å². The van der Waals surface area contributed by atoms with E-state index in [-0.39, 0.29) is 18.4 Å². The van der Waals surface area contributed by atoms with Crippen molar-refractivity contribution in [3.63, 3.8) is 0 Å². The molecule has 1 saturated heterocycles. The fraction of sp³-hybridized carbons (Fsp3) is 0.929. The highest BCUT2D eigenvalue weighted by molar-refractivity contribution is 5.83. The van der Waals surface area contributed by atoms with Crippen molar-refractivity contribution in [1.29, 1.82) is 0 Å². The second-order valence-corrected chi connectivity index (χ2v) is 6.11. The summed E-state index contributed by atoms with van der Waals surface area (Å²) in [4.78, 5) is 13.7. The summed E-state index contributed by atoms with van der Waals surface area (Å²) in [5, 5.41) is 3.15. The van der Waals surface area contributed by atoms with E-state index in [2.05, 4.69) is 5.32 Å². The van der Waals surface area contributed by atoms with E-state index in [0.29, 0.717) is 19.4 Å². The Hall–Kier alpha value is -0.780. The van der Waals surface area contributed by atoms with Gasteiger partial charge < -0.3 is 10.2 Å². The lowest BCUT2D eigenvalue weighted by atomic mass is 9.77. The topological polar surface area (TPSA) is 32.3 Å². The molecular formula is C14H25F3N2O. The smallest absolute Gasteiger partial charge is 0.333 e. The minimum atomic E-state index is -4.35. The first-order valence-corrected chi connectivity index (χ1v) is 7.27. The summed E-state index contributed by atoms with van der Waals surface area (Å²) >= 11 is 0. The summed E-state index contributed by atoms with van der Waals surface area (Å²) in [6, 6.07) is 0. The molecule has 1 aliphatic rings. The lowest BCUT2D eigenvalue weighted by Crippen LogP contribution is -2.54. The Morgan fingerprint density at radius 1 is 1.40 bits per heavy atom. The maximum Gasteiger partial charge on any atom is 0.406 e. The normalized spacial score (nSPS) is 23.9. The number of piperidine rings is 1. The van der Waals surface area contributed by atoms with Crippen LogP contribution in [0.15, 0.2) is 0 Å². The van der Waals surface area contributed by atoms with Crippen molar-refractivity contribution >= 4 is 5.91 Å². The van der Waals surface area contributed by atoms with E-state index in [9.17, 15) is 18.0 Å². The van der Waals surface area contributed by atoms with Gasteiger partial charge in [0.1, 0.15) is 6.54 Å². The van der Waals surface area contributed by atoms with Crippen LogP contribution in [0.2, 0.25) is 0 Å². The number of nitrogens with zero attached hydrogens (tertiary/aromatic N) is 1. The highest BCUT2D eigenvalue weighted by Gasteiger charge is 2.43. The van der Waals surface area contributed by atoms with Crippen LogP contribution in [-0.4, -0.2) is 43.2 Å². The number of nitrogens with one attached hydrogen (secondary N) is 1. The summed E-state index contributed by atoms with van der Waals surface area (Å²) in [6.07, 6.45) is -2.27. The molecule has 0 radical (unpaired) electrons. The third-order valence-corrected chi connectivity index (χ3v) is 3.85. The second kappa shape index (κ2) is 6.78. The lowest BCUT2D eigenvalue weighted by molar-refractivity contribution is -0.169. The quantitative estimate of drug-likeness (QED) is 0.845. The average Bonchev–Trinajstić information content (AvgIpc) is 2.35. The van der Waals surface area contributed by atoms with Crippen LogP contribution in [0, 0.1) is 11.3 Å². The minimum Gasteiger partial charge on any atom is -0.333 e. The molecule has 1 unspecified atom stereocenters. The molecule has 1 heterocycles. The second-order valence-electron chi connectivity index (χ2n) is 6.11. The first-order valence-electron chi connectivity index (χ1n) is 7.27. The van der Waals surface area contributed by atoms with E-state index in [0.717, 1.165) is 17.9 Å². The molecule has 6 heteroatoms. The standard InChI is InChI=1S/C14H25F3N2O/c1-4-13(6-5-7-18-9-13)12(20)19(8-11(2)3)10-14(15,16)17/h11,18H,4-10H2,1-3H3. The van der Waals surface area contributed by atoms with E-state index in [1.165, 1.54) is 0 Å². The molecule has 0 aromatic carbocycles. The van der Waals surface area contributed by atoms with Crippen LogP contribution in [0.5, 0.6) is 0 Å². The van der Waals surface area contributed by atoms with Gasteiger partial charge in [-0.05, 0) is 31.7 Å². The van der Waals surface area contributed by atoms with Crippen LogP contribution in [0.3, 0.4) is 0 Å². The number of rotatable bonds is 5. The third kappa shape index (κ3) is 4.65. The summed E-state index contributed by atoms with van der Waals surface area (Å²) in [6.45, 7) is 5.86. The lowest BCUT2D eigenvalue weighted by Gasteiger charge is -2.40. The zero-order chi connectivity index (χ0) is 15.4. The molecule has 1 N–H and O–H groups in total. The van der Waals surface area contributed by atoms with Crippen molar-refractivity contribution in [1.82, 2.24) is 10.2 Å². The first kappa shape index (κ1) is 17.3. The summed E-state index contributed by atoms with van der Waals surface area (Å²) in [5.41, 5.74) is -0.668. The van der Waals surface area contributed by atoms with Crippen LogP contribution in [0.25, 0.3) is 0 Å². The van der Waals surface area contributed by atoms with E-state index in [4.69, 9.17) is 0 Å². The van der Waals surface area contributed by atoms with Gasteiger partial charge in [0.05, 0.1) is 5.41 Å². The van der Waals surface area contributed by atoms with Crippen LogP contribution in [0.4, 0.5) is 13.2 Å². The molecule has 20 heavy (non-hydrogen) atoms. The van der Waals surface area contributed by atoms with E-state index >= 15 is 0 Å². The van der Waals surface area contributed by atoms with Crippen molar-refractivity contribution < 1.29 is 18.0 Å². The Kier molecular flexibility index (Phi) is 5.86. The zero-order valence-corrected chi connectivity index (χ0v) is 12.5. The molecule has 1 aliphatic heterocycles. The van der Waals surface area contributed by atoms with Crippen LogP contribution >= 0.6 is 0 Å². The molecule has 0 spiro atoms. The highest BCUT2D eigenvalue weighted by Crippen LogP contribution is 2.33. The number of hydrogen-bond acceptors (Lipinski definition) is 2. The Labute approximate surface area is 118 Å². The molecule has 0 aromatic heterocycles. The number of amides is 1. The summed E-state index contributed by atoms with van der Waals surface area (Å²) in [5.74, 6) is -0.329. The summed E-state index contributed by atoms with van der Waals surface area (Å²) in [7, 11) is 0. The van der Waals surface area contributed by atoms with E-state index in [1.54, 1.807) is 0 Å². The van der Waals surface area contributed by atoms with Gasteiger partial charge in [-0.15, -0.1) is 0 Å². The Morgan fingerprint density at radius 2 is 2.05 bits per heavy atom. The first-order chi connectivity index (χ1) is 9.20. The van der Waals surface area contributed by atoms with Crippen LogP contribution in [-0.2, 0) is 4.79 Å². The molecule has 1 fully saturated rings. The van der Waals surface area contributed by atoms with Crippen molar-refractivity contribution in [3.8, 4) is 0 Å². The van der Waals surface area contributed by atoms with Crippen LogP contribution < -0.4 is 5.32 Å². The predicted molar refractivity (Wildman–Crippen MR) is 72.3 cm³/mol. The molecule has 1 amide bonds. The van der Waals surface area contributed by atoms with Gasteiger partial charge in [0.15, 0.2) is 0 Å². The van der Waals surface area contributed by atoms with Crippen molar-refractivity contribution in [3.05, 3.63) is 0 Å². The molecular weight excluding hydrogens is 269 g/mol. The Bertz CT molecular complexity index is 323.